The SMILES string of the molecule is C[C@@H](NC(=O)c1ccc2nc(NC3CCC(O)CC3)c3nccn3c2c1)c1ccccc1. The standard InChI is InChI=1S/C25H27N5O2/c1-16(17-5-3-2-4-6-17)27-25(32)18-7-12-21-22(15-18)30-14-13-26-24(30)23(29-21)28-19-8-10-20(31)11-9-19/h2-7,12-16,19-20,31H,8-11H2,1H3,(H,27,32)(H,28,29)/t16-,19?,20?/m1/s1. The second-order valence-corrected chi connectivity index (χ2v) is 8.54. The molecular formula is C25H27N5O2. The van der Waals surface area contributed by atoms with Crippen molar-refractivity contribution in [3.05, 3.63) is 72.1 Å². The number of carbonyl (C=O) groups excluding carboxylic acids is 1. The molecule has 1 amide bonds. The molecule has 5 rings (SSSR count). The lowest BCUT2D eigenvalue weighted by Gasteiger charge is -2.26. The maximum atomic E-state index is 12.9. The van der Waals surface area contributed by atoms with Gasteiger partial charge in [-0.1, -0.05) is 30.3 Å². The second kappa shape index (κ2) is 8.59. The molecule has 1 aliphatic rings. The van der Waals surface area contributed by atoms with Crippen molar-refractivity contribution in [3.8, 4) is 0 Å². The van der Waals surface area contributed by atoms with E-state index in [-0.39, 0.29) is 24.1 Å². The molecule has 4 aromatic rings. The summed E-state index contributed by atoms with van der Waals surface area (Å²) < 4.78 is 1.97. The van der Waals surface area contributed by atoms with Crippen LogP contribution in [0.4, 0.5) is 5.82 Å². The molecule has 7 heteroatoms. The van der Waals surface area contributed by atoms with Crippen LogP contribution in [0.1, 0.15) is 54.6 Å². The topological polar surface area (TPSA) is 91.5 Å². The first-order chi connectivity index (χ1) is 15.6. The molecule has 2 aromatic heterocycles. The number of benzene rings is 2. The highest BCUT2D eigenvalue weighted by Crippen LogP contribution is 2.26. The third kappa shape index (κ3) is 4.03. The van der Waals surface area contributed by atoms with Crippen molar-refractivity contribution in [1.29, 1.82) is 0 Å². The number of anilines is 1. The Bertz CT molecular complexity index is 1250. The number of imidazole rings is 1. The quantitative estimate of drug-likeness (QED) is 0.444. The van der Waals surface area contributed by atoms with Gasteiger partial charge in [0.1, 0.15) is 0 Å². The van der Waals surface area contributed by atoms with Gasteiger partial charge in [-0.3, -0.25) is 9.20 Å². The number of aromatic nitrogens is 3. The maximum Gasteiger partial charge on any atom is 0.251 e. The zero-order chi connectivity index (χ0) is 22.1. The van der Waals surface area contributed by atoms with Gasteiger partial charge in [-0.15, -0.1) is 0 Å². The van der Waals surface area contributed by atoms with Gasteiger partial charge in [0.2, 0.25) is 0 Å². The van der Waals surface area contributed by atoms with Crippen LogP contribution in [0.2, 0.25) is 0 Å². The third-order valence-corrected chi connectivity index (χ3v) is 6.27. The Labute approximate surface area is 186 Å². The molecule has 0 spiro atoms. The van der Waals surface area contributed by atoms with E-state index in [1.165, 1.54) is 0 Å². The summed E-state index contributed by atoms with van der Waals surface area (Å²) in [6.45, 7) is 1.98. The average Bonchev–Trinajstić information content (AvgIpc) is 3.32. The number of nitrogens with zero attached hydrogens (tertiary/aromatic N) is 3. The van der Waals surface area contributed by atoms with Gasteiger partial charge >= 0.3 is 0 Å². The Balaban J connectivity index is 1.42. The van der Waals surface area contributed by atoms with Crippen molar-refractivity contribution in [2.24, 2.45) is 0 Å². The normalized spacial score (nSPS) is 19.7. The molecule has 164 valence electrons. The van der Waals surface area contributed by atoms with Crippen LogP contribution in [0.3, 0.4) is 0 Å². The summed E-state index contributed by atoms with van der Waals surface area (Å²) in [5.74, 6) is 0.610. The van der Waals surface area contributed by atoms with E-state index < -0.39 is 0 Å². The lowest BCUT2D eigenvalue weighted by atomic mass is 9.93. The van der Waals surface area contributed by atoms with Crippen molar-refractivity contribution in [1.82, 2.24) is 19.7 Å². The fraction of sp³-hybridized carbons (Fsp3) is 0.320. The van der Waals surface area contributed by atoms with Crippen molar-refractivity contribution in [3.63, 3.8) is 0 Å². The van der Waals surface area contributed by atoms with Gasteiger partial charge in [0.05, 0.1) is 23.2 Å². The number of hydrogen-bond acceptors (Lipinski definition) is 5. The Hall–Kier alpha value is -3.45. The highest BCUT2D eigenvalue weighted by molar-refractivity contribution is 5.98. The molecule has 0 aliphatic heterocycles. The smallest absolute Gasteiger partial charge is 0.251 e. The van der Waals surface area contributed by atoms with Crippen LogP contribution in [-0.2, 0) is 0 Å². The first-order valence-electron chi connectivity index (χ1n) is 11.2. The number of hydrogen-bond donors (Lipinski definition) is 3. The van der Waals surface area contributed by atoms with E-state index in [1.54, 1.807) is 6.20 Å². The minimum Gasteiger partial charge on any atom is -0.393 e. The number of aliphatic hydroxyl groups excluding tert-OH is 1. The number of fused-ring (bicyclic) bond motifs is 3. The Kier molecular flexibility index (Phi) is 5.49. The summed E-state index contributed by atoms with van der Waals surface area (Å²) in [7, 11) is 0. The maximum absolute atomic E-state index is 12.9. The summed E-state index contributed by atoms with van der Waals surface area (Å²) >= 11 is 0. The van der Waals surface area contributed by atoms with Gasteiger partial charge in [-0.05, 0) is 56.4 Å². The predicted molar refractivity (Wildman–Crippen MR) is 125 cm³/mol. The van der Waals surface area contributed by atoms with Crippen LogP contribution >= 0.6 is 0 Å². The molecule has 1 saturated carbocycles. The molecule has 3 N–H and O–H groups in total. The van der Waals surface area contributed by atoms with Crippen LogP contribution in [0, 0.1) is 0 Å². The summed E-state index contributed by atoms with van der Waals surface area (Å²) in [6.07, 6.45) is 6.86. The molecule has 1 atom stereocenters. The molecule has 2 heterocycles. The fourth-order valence-corrected chi connectivity index (χ4v) is 4.41. The van der Waals surface area contributed by atoms with Crippen molar-refractivity contribution < 1.29 is 9.90 Å². The number of amides is 1. The largest absolute Gasteiger partial charge is 0.393 e. The first-order valence-corrected chi connectivity index (χ1v) is 11.2. The summed E-state index contributed by atoms with van der Waals surface area (Å²) in [4.78, 5) is 22.2. The van der Waals surface area contributed by atoms with Crippen molar-refractivity contribution >= 4 is 28.4 Å². The molecule has 0 bridgehead atoms. The molecule has 1 fully saturated rings. The van der Waals surface area contributed by atoms with Gasteiger partial charge in [0, 0.05) is 24.0 Å². The third-order valence-electron chi connectivity index (χ3n) is 6.27. The van der Waals surface area contributed by atoms with E-state index in [0.29, 0.717) is 5.56 Å². The van der Waals surface area contributed by atoms with Gasteiger partial charge in [0.25, 0.3) is 5.91 Å². The molecule has 0 unspecified atom stereocenters. The molecule has 7 nitrogen and oxygen atoms in total. The van der Waals surface area contributed by atoms with Crippen molar-refractivity contribution in [2.45, 2.75) is 50.8 Å². The van der Waals surface area contributed by atoms with Crippen LogP contribution in [0.5, 0.6) is 0 Å². The lowest BCUT2D eigenvalue weighted by Crippen LogP contribution is -2.28. The van der Waals surface area contributed by atoms with Gasteiger partial charge in [0.15, 0.2) is 11.5 Å². The number of nitrogens with one attached hydrogen (secondary N) is 2. The van der Waals surface area contributed by atoms with E-state index in [4.69, 9.17) is 4.98 Å². The Morgan fingerprint density at radius 2 is 1.91 bits per heavy atom. The summed E-state index contributed by atoms with van der Waals surface area (Å²) in [5, 5.41) is 16.4. The fourth-order valence-electron chi connectivity index (χ4n) is 4.41. The van der Waals surface area contributed by atoms with Gasteiger partial charge < -0.3 is 15.7 Å². The predicted octanol–water partition coefficient (Wildman–Crippen LogP) is 4.09. The highest BCUT2D eigenvalue weighted by Gasteiger charge is 2.21. The van der Waals surface area contributed by atoms with E-state index in [0.717, 1.165) is 53.7 Å². The van der Waals surface area contributed by atoms with Gasteiger partial charge in [-0.25, -0.2) is 9.97 Å². The highest BCUT2D eigenvalue weighted by atomic mass is 16.3. The molecule has 2 aromatic carbocycles. The number of rotatable bonds is 5. The van der Waals surface area contributed by atoms with Crippen LogP contribution in [0.25, 0.3) is 16.7 Å². The zero-order valence-electron chi connectivity index (χ0n) is 18.0. The second-order valence-electron chi connectivity index (χ2n) is 8.54. The van der Waals surface area contributed by atoms with Crippen LogP contribution in [-0.4, -0.2) is 37.5 Å². The molecule has 0 radical (unpaired) electrons. The van der Waals surface area contributed by atoms with E-state index >= 15 is 0 Å². The molecule has 32 heavy (non-hydrogen) atoms. The lowest BCUT2D eigenvalue weighted by molar-refractivity contribution is 0.0940. The van der Waals surface area contributed by atoms with E-state index in [1.807, 2.05) is 66.1 Å². The number of carbonyl (C=O) groups is 1. The Morgan fingerprint density at radius 1 is 1.12 bits per heavy atom. The van der Waals surface area contributed by atoms with Crippen molar-refractivity contribution in [2.75, 3.05) is 5.32 Å². The summed E-state index contributed by atoms with van der Waals surface area (Å²) in [5.41, 5.74) is 4.01. The molecule has 1 aliphatic carbocycles. The summed E-state index contributed by atoms with van der Waals surface area (Å²) in [6, 6.07) is 15.7. The zero-order valence-corrected chi connectivity index (χ0v) is 18.0. The number of aliphatic hydroxyl groups is 1. The minimum absolute atomic E-state index is 0.0913. The van der Waals surface area contributed by atoms with E-state index in [9.17, 15) is 9.90 Å². The minimum atomic E-state index is -0.196. The average molecular weight is 430 g/mol. The van der Waals surface area contributed by atoms with Crippen LogP contribution < -0.4 is 10.6 Å². The monoisotopic (exact) mass is 429 g/mol. The molecular weight excluding hydrogens is 402 g/mol. The Morgan fingerprint density at radius 3 is 2.69 bits per heavy atom. The molecule has 0 saturated heterocycles. The van der Waals surface area contributed by atoms with E-state index in [2.05, 4.69) is 15.6 Å². The first kappa shape index (κ1) is 20.5. The van der Waals surface area contributed by atoms with Crippen LogP contribution in [0.15, 0.2) is 60.9 Å². The van der Waals surface area contributed by atoms with Gasteiger partial charge in [-0.2, -0.15) is 0 Å².